The van der Waals surface area contributed by atoms with Crippen LogP contribution in [0.4, 0.5) is 0 Å². The first kappa shape index (κ1) is 29.3. The van der Waals surface area contributed by atoms with E-state index in [2.05, 4.69) is 25.7 Å². The quantitative estimate of drug-likeness (QED) is 0.241. The second-order valence-corrected chi connectivity index (χ2v) is 12.2. The number of fused-ring (bicyclic) bond motifs is 1. The Bertz CT molecular complexity index is 1160. The molecule has 2 unspecified atom stereocenters. The summed E-state index contributed by atoms with van der Waals surface area (Å²) in [4.78, 5) is 36.6. The van der Waals surface area contributed by atoms with Crippen LogP contribution in [0.3, 0.4) is 0 Å². The normalized spacial score (nSPS) is 31.1. The van der Waals surface area contributed by atoms with Crippen molar-refractivity contribution in [2.75, 3.05) is 13.2 Å². The summed E-state index contributed by atoms with van der Waals surface area (Å²) in [7, 11) is 0. The Morgan fingerprint density at radius 2 is 1.95 bits per heavy atom. The molecule has 8 heteroatoms. The van der Waals surface area contributed by atoms with Gasteiger partial charge in [0, 0.05) is 36.9 Å². The number of ether oxygens (including phenoxy) is 3. The van der Waals surface area contributed by atoms with E-state index >= 15 is 0 Å². The summed E-state index contributed by atoms with van der Waals surface area (Å²) >= 11 is 6.43. The van der Waals surface area contributed by atoms with Gasteiger partial charge in [-0.15, -0.1) is 0 Å². The Kier molecular flexibility index (Phi) is 8.91. The molecule has 4 rings (SSSR count). The van der Waals surface area contributed by atoms with Gasteiger partial charge >= 0.3 is 17.9 Å². The second-order valence-electron chi connectivity index (χ2n) is 11.7. The van der Waals surface area contributed by atoms with Gasteiger partial charge in [-0.3, -0.25) is 9.59 Å². The van der Waals surface area contributed by atoms with E-state index in [0.717, 1.165) is 30.4 Å². The van der Waals surface area contributed by atoms with Crippen LogP contribution in [0.2, 0.25) is 5.02 Å². The van der Waals surface area contributed by atoms with Crippen molar-refractivity contribution in [1.82, 2.24) is 5.32 Å². The molecule has 2 saturated carbocycles. The van der Waals surface area contributed by atoms with Crippen molar-refractivity contribution in [3.63, 3.8) is 0 Å². The lowest BCUT2D eigenvalue weighted by Crippen LogP contribution is -2.59. The zero-order valence-corrected chi connectivity index (χ0v) is 24.1. The standard InChI is InChI=1S/C31H40ClNO6/c1-19-10-11-27-30(4,14-12-28(39-21(3)35)31(27,5)18-38-20(2)34)24(19)16-26(23-13-15-37-29(23)36)33-17-22-8-6-7-9-25(22)32/h6-9,13,24,26-28,33H,1,10-12,14-18H2,2-5H3/t24-,26?,27?,28+,30+,31-/m0/s1. The molecule has 0 spiro atoms. The van der Waals surface area contributed by atoms with E-state index in [-0.39, 0.29) is 60.5 Å². The Morgan fingerprint density at radius 1 is 1.21 bits per heavy atom. The Morgan fingerprint density at radius 3 is 2.59 bits per heavy atom. The number of esters is 3. The third-order valence-electron chi connectivity index (χ3n) is 9.31. The molecule has 6 atom stereocenters. The number of rotatable bonds is 9. The summed E-state index contributed by atoms with van der Waals surface area (Å²) in [6.07, 6.45) is 5.35. The molecule has 0 radical (unpaired) electrons. The molecule has 39 heavy (non-hydrogen) atoms. The smallest absolute Gasteiger partial charge is 0.335 e. The summed E-state index contributed by atoms with van der Waals surface area (Å²) in [6, 6.07) is 7.42. The fourth-order valence-corrected chi connectivity index (χ4v) is 7.54. The summed E-state index contributed by atoms with van der Waals surface area (Å²) in [5, 5.41) is 4.26. The van der Waals surface area contributed by atoms with Gasteiger partial charge in [-0.1, -0.05) is 55.8 Å². The topological polar surface area (TPSA) is 90.9 Å². The Balaban J connectivity index is 1.64. The molecule has 2 aliphatic carbocycles. The lowest BCUT2D eigenvalue weighted by atomic mass is 9.46. The second kappa shape index (κ2) is 11.8. The van der Waals surface area contributed by atoms with Crippen LogP contribution in [0.1, 0.15) is 65.4 Å². The highest BCUT2D eigenvalue weighted by Crippen LogP contribution is 2.62. The van der Waals surface area contributed by atoms with Gasteiger partial charge in [-0.2, -0.15) is 0 Å². The first-order valence-electron chi connectivity index (χ1n) is 13.8. The van der Waals surface area contributed by atoms with Gasteiger partial charge in [-0.25, -0.2) is 4.79 Å². The molecule has 1 N–H and O–H groups in total. The molecule has 2 fully saturated rings. The van der Waals surface area contributed by atoms with E-state index in [1.54, 1.807) is 0 Å². The number of hydrogen-bond donors (Lipinski definition) is 1. The maximum absolute atomic E-state index is 12.7. The molecule has 0 aromatic heterocycles. The van der Waals surface area contributed by atoms with Crippen LogP contribution in [0.15, 0.2) is 48.1 Å². The average molecular weight is 558 g/mol. The van der Waals surface area contributed by atoms with E-state index in [4.69, 9.17) is 25.8 Å². The van der Waals surface area contributed by atoms with Gasteiger partial charge in [0.05, 0.1) is 5.57 Å². The first-order chi connectivity index (χ1) is 18.5. The molecular weight excluding hydrogens is 518 g/mol. The summed E-state index contributed by atoms with van der Waals surface area (Å²) in [5.41, 5.74) is 2.00. The van der Waals surface area contributed by atoms with E-state index in [9.17, 15) is 14.4 Å². The number of carbonyl (C=O) groups is 3. The van der Waals surface area contributed by atoms with Crippen LogP contribution in [-0.2, 0) is 35.1 Å². The van der Waals surface area contributed by atoms with Crippen LogP contribution in [0.25, 0.3) is 0 Å². The lowest BCUT2D eigenvalue weighted by Gasteiger charge is -2.60. The van der Waals surface area contributed by atoms with Crippen molar-refractivity contribution in [1.29, 1.82) is 0 Å². The first-order valence-corrected chi connectivity index (χ1v) is 14.2. The molecule has 1 aromatic carbocycles. The fraction of sp³-hybridized carbons (Fsp3) is 0.581. The van der Waals surface area contributed by atoms with Gasteiger partial charge < -0.3 is 19.5 Å². The fourth-order valence-electron chi connectivity index (χ4n) is 7.34. The maximum atomic E-state index is 12.7. The highest BCUT2D eigenvalue weighted by molar-refractivity contribution is 6.31. The van der Waals surface area contributed by atoms with E-state index in [0.29, 0.717) is 30.0 Å². The van der Waals surface area contributed by atoms with E-state index in [1.165, 1.54) is 13.8 Å². The number of benzene rings is 1. The van der Waals surface area contributed by atoms with Gasteiger partial charge in [0.1, 0.15) is 19.3 Å². The molecule has 0 saturated heterocycles. The van der Waals surface area contributed by atoms with Gasteiger partial charge in [0.25, 0.3) is 0 Å². The predicted octanol–water partition coefficient (Wildman–Crippen LogP) is 5.56. The minimum Gasteiger partial charge on any atom is -0.465 e. The number of halogens is 1. The van der Waals surface area contributed by atoms with E-state index < -0.39 is 5.41 Å². The predicted molar refractivity (Wildman–Crippen MR) is 149 cm³/mol. The highest BCUT2D eigenvalue weighted by atomic mass is 35.5. The molecule has 0 bridgehead atoms. The molecular formula is C31H40ClNO6. The third kappa shape index (κ3) is 6.09. The molecule has 1 aromatic rings. The third-order valence-corrected chi connectivity index (χ3v) is 9.68. The molecule has 1 aliphatic heterocycles. The van der Waals surface area contributed by atoms with E-state index in [1.807, 2.05) is 30.3 Å². The SMILES string of the molecule is C=C1CCC2[C@](C)(COC(C)=O)[C@H](OC(C)=O)CC[C@]2(C)[C@H]1CC(NCc1ccccc1Cl)C1=CCOC1=O. The number of cyclic esters (lactones) is 1. The Hall–Kier alpha value is -2.64. The van der Waals surface area contributed by atoms with Gasteiger partial charge in [0.15, 0.2) is 0 Å². The van der Waals surface area contributed by atoms with Crippen molar-refractivity contribution in [2.24, 2.45) is 22.7 Å². The van der Waals surface area contributed by atoms with Crippen LogP contribution in [0, 0.1) is 22.7 Å². The number of carbonyl (C=O) groups excluding carboxylic acids is 3. The van der Waals surface area contributed by atoms with Gasteiger partial charge in [0.2, 0.25) is 0 Å². The number of allylic oxidation sites excluding steroid dienone is 1. The number of nitrogens with one attached hydrogen (secondary N) is 1. The summed E-state index contributed by atoms with van der Waals surface area (Å²) < 4.78 is 16.7. The molecule has 7 nitrogen and oxygen atoms in total. The van der Waals surface area contributed by atoms with Crippen molar-refractivity contribution in [2.45, 2.75) is 78.5 Å². The van der Waals surface area contributed by atoms with Crippen molar-refractivity contribution in [3.05, 3.63) is 58.7 Å². The monoisotopic (exact) mass is 557 g/mol. The molecule has 212 valence electrons. The van der Waals surface area contributed by atoms with Crippen LogP contribution in [0.5, 0.6) is 0 Å². The maximum Gasteiger partial charge on any atom is 0.335 e. The molecule has 1 heterocycles. The number of hydrogen-bond acceptors (Lipinski definition) is 7. The van der Waals surface area contributed by atoms with Crippen molar-refractivity contribution in [3.8, 4) is 0 Å². The van der Waals surface area contributed by atoms with Crippen LogP contribution >= 0.6 is 11.6 Å². The zero-order chi connectivity index (χ0) is 28.4. The molecule has 3 aliphatic rings. The molecule has 0 amide bonds. The largest absolute Gasteiger partial charge is 0.465 e. The van der Waals surface area contributed by atoms with Crippen LogP contribution in [-0.4, -0.2) is 43.3 Å². The minimum absolute atomic E-state index is 0.0872. The van der Waals surface area contributed by atoms with Crippen LogP contribution < -0.4 is 5.32 Å². The summed E-state index contributed by atoms with van der Waals surface area (Å²) in [6.45, 7) is 12.7. The lowest BCUT2D eigenvalue weighted by molar-refractivity contribution is -0.191. The summed E-state index contributed by atoms with van der Waals surface area (Å²) in [5.74, 6) is -0.772. The zero-order valence-electron chi connectivity index (χ0n) is 23.4. The highest BCUT2D eigenvalue weighted by Gasteiger charge is 2.60. The van der Waals surface area contributed by atoms with Crippen molar-refractivity contribution >= 4 is 29.5 Å². The average Bonchev–Trinajstić information content (AvgIpc) is 3.30. The minimum atomic E-state index is -0.546. The van der Waals surface area contributed by atoms with Crippen molar-refractivity contribution < 1.29 is 28.6 Å². The van der Waals surface area contributed by atoms with Gasteiger partial charge in [-0.05, 0) is 67.1 Å². The Labute approximate surface area is 236 Å².